The largest absolute Gasteiger partial charge is 0.273 e. The van der Waals surface area contributed by atoms with E-state index in [4.69, 9.17) is 11.6 Å². The number of nitrogens with zero attached hydrogens (tertiary/aromatic N) is 2. The summed E-state index contributed by atoms with van der Waals surface area (Å²) in [6, 6.07) is 17.4. The fourth-order valence-electron chi connectivity index (χ4n) is 2.28. The molecule has 128 valence electrons. The minimum absolute atomic E-state index is 0.0273. The third kappa shape index (κ3) is 4.84. The third-order valence-corrected chi connectivity index (χ3v) is 5.65. The predicted octanol–water partition coefficient (Wildman–Crippen LogP) is 5.70. The van der Waals surface area contributed by atoms with Gasteiger partial charge in [-0.1, -0.05) is 41.9 Å². The molecule has 25 heavy (non-hydrogen) atoms. The van der Waals surface area contributed by atoms with Gasteiger partial charge in [-0.25, -0.2) is 4.98 Å². The molecule has 1 amide bonds. The van der Waals surface area contributed by atoms with E-state index in [1.165, 1.54) is 11.3 Å². The fourth-order valence-corrected chi connectivity index (χ4v) is 4.08. The van der Waals surface area contributed by atoms with Gasteiger partial charge in [-0.3, -0.25) is 9.69 Å². The maximum atomic E-state index is 12.8. The van der Waals surface area contributed by atoms with Crippen molar-refractivity contribution >= 4 is 51.4 Å². The number of benzene rings is 2. The van der Waals surface area contributed by atoms with E-state index in [1.807, 2.05) is 66.9 Å². The van der Waals surface area contributed by atoms with Gasteiger partial charge in [0.1, 0.15) is 0 Å². The second-order valence-electron chi connectivity index (χ2n) is 5.46. The van der Waals surface area contributed by atoms with Crippen molar-refractivity contribution in [1.82, 2.24) is 4.98 Å². The lowest BCUT2D eigenvalue weighted by Gasteiger charge is -2.19. The Hall–Kier alpha value is -1.82. The molecule has 0 aliphatic carbocycles. The molecule has 1 aromatic heterocycles. The number of thioether (sulfide) groups is 1. The van der Waals surface area contributed by atoms with Gasteiger partial charge in [0.05, 0.1) is 17.1 Å². The Morgan fingerprint density at radius 3 is 2.52 bits per heavy atom. The van der Waals surface area contributed by atoms with Crippen molar-refractivity contribution in [3.05, 3.63) is 76.3 Å². The standard InChI is InChI=1S/C19H17ClN2OS2/c1-14-11-25-19(21-14)22(17-5-3-2-4-6-17)18(23)13-24-12-15-7-9-16(20)10-8-15/h2-11H,12-13H2,1H3. The molecule has 3 rings (SSSR count). The summed E-state index contributed by atoms with van der Waals surface area (Å²) < 4.78 is 0. The molecule has 0 aliphatic heterocycles. The Bertz CT molecular complexity index is 834. The van der Waals surface area contributed by atoms with Crippen LogP contribution in [-0.2, 0) is 10.5 Å². The predicted molar refractivity (Wildman–Crippen MR) is 108 cm³/mol. The van der Waals surface area contributed by atoms with E-state index in [2.05, 4.69) is 4.98 Å². The first-order chi connectivity index (χ1) is 12.1. The Morgan fingerprint density at radius 2 is 1.88 bits per heavy atom. The number of hydrogen-bond acceptors (Lipinski definition) is 4. The Morgan fingerprint density at radius 1 is 1.16 bits per heavy atom. The van der Waals surface area contributed by atoms with Crippen LogP contribution in [0, 0.1) is 6.92 Å². The average Bonchev–Trinajstić information content (AvgIpc) is 3.04. The highest BCUT2D eigenvalue weighted by Gasteiger charge is 2.20. The fraction of sp³-hybridized carbons (Fsp3) is 0.158. The number of aryl methyl sites for hydroxylation is 1. The zero-order chi connectivity index (χ0) is 17.6. The number of rotatable bonds is 6. The van der Waals surface area contributed by atoms with Crippen molar-refractivity contribution in [2.24, 2.45) is 0 Å². The van der Waals surface area contributed by atoms with E-state index >= 15 is 0 Å². The number of aromatic nitrogens is 1. The molecule has 0 unspecified atom stereocenters. The molecule has 3 nitrogen and oxygen atoms in total. The van der Waals surface area contributed by atoms with Crippen LogP contribution in [0.1, 0.15) is 11.3 Å². The van der Waals surface area contributed by atoms with Crippen LogP contribution >= 0.6 is 34.7 Å². The van der Waals surface area contributed by atoms with Gasteiger partial charge in [0, 0.05) is 16.2 Å². The van der Waals surface area contributed by atoms with Crippen LogP contribution in [0.4, 0.5) is 10.8 Å². The first kappa shape index (κ1) is 18.0. The summed E-state index contributed by atoms with van der Waals surface area (Å²) >= 11 is 8.97. The smallest absolute Gasteiger partial charge is 0.243 e. The van der Waals surface area contributed by atoms with E-state index in [9.17, 15) is 4.79 Å². The monoisotopic (exact) mass is 388 g/mol. The minimum Gasteiger partial charge on any atom is -0.273 e. The second-order valence-corrected chi connectivity index (χ2v) is 7.71. The van der Waals surface area contributed by atoms with Gasteiger partial charge in [0.2, 0.25) is 5.91 Å². The number of amides is 1. The Labute approximate surface area is 160 Å². The summed E-state index contributed by atoms with van der Waals surface area (Å²) in [4.78, 5) is 19.0. The average molecular weight is 389 g/mol. The number of hydrogen-bond donors (Lipinski definition) is 0. The molecular weight excluding hydrogens is 372 g/mol. The molecule has 3 aromatic rings. The molecule has 0 radical (unpaired) electrons. The van der Waals surface area contributed by atoms with Crippen molar-refractivity contribution in [2.75, 3.05) is 10.7 Å². The molecule has 0 saturated heterocycles. The van der Waals surface area contributed by atoms with E-state index < -0.39 is 0 Å². The molecule has 1 heterocycles. The maximum Gasteiger partial charge on any atom is 0.243 e. The van der Waals surface area contributed by atoms with E-state index in [-0.39, 0.29) is 5.91 Å². The Balaban J connectivity index is 1.70. The summed E-state index contributed by atoms with van der Waals surface area (Å²) in [5.74, 6) is 1.18. The lowest BCUT2D eigenvalue weighted by molar-refractivity contribution is -0.115. The van der Waals surface area contributed by atoms with Crippen LogP contribution in [0.15, 0.2) is 60.0 Å². The van der Waals surface area contributed by atoms with Gasteiger partial charge in [-0.2, -0.15) is 0 Å². The summed E-state index contributed by atoms with van der Waals surface area (Å²) in [6.07, 6.45) is 0. The summed E-state index contributed by atoms with van der Waals surface area (Å²) in [5, 5.41) is 3.39. The zero-order valence-electron chi connectivity index (χ0n) is 13.7. The van der Waals surface area contributed by atoms with E-state index in [0.717, 1.165) is 27.7 Å². The van der Waals surface area contributed by atoms with Crippen molar-refractivity contribution in [3.8, 4) is 0 Å². The molecule has 0 atom stereocenters. The molecule has 0 bridgehead atoms. The number of carbonyl (C=O) groups is 1. The lowest BCUT2D eigenvalue weighted by Crippen LogP contribution is -2.27. The van der Waals surface area contributed by atoms with Crippen molar-refractivity contribution < 1.29 is 4.79 Å². The van der Waals surface area contributed by atoms with Crippen molar-refractivity contribution in [2.45, 2.75) is 12.7 Å². The molecule has 0 aliphatic rings. The maximum absolute atomic E-state index is 12.8. The van der Waals surface area contributed by atoms with Crippen LogP contribution in [0.25, 0.3) is 0 Å². The number of anilines is 2. The molecule has 0 N–H and O–H groups in total. The normalized spacial score (nSPS) is 10.6. The molecular formula is C19H17ClN2OS2. The van der Waals surface area contributed by atoms with Crippen LogP contribution in [-0.4, -0.2) is 16.6 Å². The quantitative estimate of drug-likeness (QED) is 0.542. The molecule has 0 saturated carbocycles. The van der Waals surface area contributed by atoms with Crippen LogP contribution < -0.4 is 4.90 Å². The highest BCUT2D eigenvalue weighted by atomic mass is 35.5. The number of carbonyl (C=O) groups excluding carboxylic acids is 1. The highest BCUT2D eigenvalue weighted by Crippen LogP contribution is 2.29. The lowest BCUT2D eigenvalue weighted by atomic mass is 10.2. The summed E-state index contributed by atoms with van der Waals surface area (Å²) in [5.41, 5.74) is 2.91. The van der Waals surface area contributed by atoms with Gasteiger partial charge in [-0.05, 0) is 36.8 Å². The first-order valence-electron chi connectivity index (χ1n) is 7.76. The van der Waals surface area contributed by atoms with Crippen molar-refractivity contribution in [1.29, 1.82) is 0 Å². The summed E-state index contributed by atoms with van der Waals surface area (Å²) in [7, 11) is 0. The topological polar surface area (TPSA) is 33.2 Å². The van der Waals surface area contributed by atoms with Gasteiger partial charge < -0.3 is 0 Å². The van der Waals surface area contributed by atoms with E-state index in [0.29, 0.717) is 10.9 Å². The second kappa shape index (κ2) is 8.52. The summed E-state index contributed by atoms with van der Waals surface area (Å²) in [6.45, 7) is 1.93. The van der Waals surface area contributed by atoms with Crippen LogP contribution in [0.2, 0.25) is 5.02 Å². The zero-order valence-corrected chi connectivity index (χ0v) is 16.1. The van der Waals surface area contributed by atoms with E-state index in [1.54, 1.807) is 16.7 Å². The molecule has 0 spiro atoms. The minimum atomic E-state index is 0.0273. The van der Waals surface area contributed by atoms with Crippen LogP contribution in [0.3, 0.4) is 0 Å². The van der Waals surface area contributed by atoms with Gasteiger partial charge in [-0.15, -0.1) is 23.1 Å². The highest BCUT2D eigenvalue weighted by molar-refractivity contribution is 7.99. The number of para-hydroxylation sites is 1. The Kier molecular flexibility index (Phi) is 6.13. The molecule has 6 heteroatoms. The third-order valence-electron chi connectivity index (χ3n) is 3.47. The van der Waals surface area contributed by atoms with Gasteiger partial charge in [0.25, 0.3) is 0 Å². The first-order valence-corrected chi connectivity index (χ1v) is 10.2. The van der Waals surface area contributed by atoms with Crippen LogP contribution in [0.5, 0.6) is 0 Å². The number of halogens is 1. The van der Waals surface area contributed by atoms with Gasteiger partial charge in [0.15, 0.2) is 5.13 Å². The van der Waals surface area contributed by atoms with Crippen molar-refractivity contribution in [3.63, 3.8) is 0 Å². The molecule has 2 aromatic carbocycles. The SMILES string of the molecule is Cc1csc(N(C(=O)CSCc2ccc(Cl)cc2)c2ccccc2)n1. The van der Waals surface area contributed by atoms with Gasteiger partial charge >= 0.3 is 0 Å². The number of thiazole rings is 1. The molecule has 0 fully saturated rings.